The van der Waals surface area contributed by atoms with Crippen LogP contribution in [-0.4, -0.2) is 15.1 Å². The van der Waals surface area contributed by atoms with Gasteiger partial charge in [0.25, 0.3) is 0 Å². The van der Waals surface area contributed by atoms with Crippen LogP contribution in [-0.2, 0) is 22.0 Å². The van der Waals surface area contributed by atoms with E-state index in [9.17, 15) is 13.2 Å². The molecule has 0 amide bonds. The lowest BCUT2D eigenvalue weighted by Gasteiger charge is -2.18. The largest absolute Gasteiger partial charge is 0.750 e. The van der Waals surface area contributed by atoms with Crippen LogP contribution in [0.1, 0.15) is 17.0 Å². The van der Waals surface area contributed by atoms with E-state index in [1.54, 1.807) is 0 Å². The molecule has 0 aliphatic heterocycles. The second-order valence-electron chi connectivity index (χ2n) is 4.32. The number of benzene rings is 2. The Labute approximate surface area is 106 Å². The Balaban J connectivity index is 2.05. The summed E-state index contributed by atoms with van der Waals surface area (Å²) in [5.74, 6) is -0.552. The normalized spacial score (nSPS) is 21.1. The van der Waals surface area contributed by atoms with Gasteiger partial charge in [-0.2, -0.15) is 0 Å². The minimum absolute atomic E-state index is 0.467. The Bertz CT molecular complexity index is 623. The van der Waals surface area contributed by atoms with Crippen molar-refractivity contribution in [2.45, 2.75) is 18.7 Å². The summed E-state index contributed by atoms with van der Waals surface area (Å²) in [6.45, 7) is 0. The molecule has 1 aliphatic carbocycles. The fourth-order valence-electron chi connectivity index (χ4n) is 2.65. The summed E-state index contributed by atoms with van der Waals surface area (Å²) in [7, 11) is 0. The molecule has 0 heterocycles. The van der Waals surface area contributed by atoms with Crippen molar-refractivity contribution in [1.29, 1.82) is 0 Å². The summed E-state index contributed by atoms with van der Waals surface area (Å²) >= 11 is -2.83. The molecule has 3 rings (SSSR count). The molecule has 5 heteroatoms. The molecule has 18 heavy (non-hydrogen) atoms. The number of halogens is 1. The predicted octanol–water partition coefficient (Wildman–Crippen LogP) is 2.59. The van der Waals surface area contributed by atoms with E-state index in [1.165, 1.54) is 0 Å². The smallest absolute Gasteiger partial charge is 0.220 e. The van der Waals surface area contributed by atoms with Gasteiger partial charge in [-0.3, -0.25) is 4.18 Å². The van der Waals surface area contributed by atoms with Crippen LogP contribution in [0.25, 0.3) is 10.8 Å². The van der Waals surface area contributed by atoms with Crippen LogP contribution in [0.3, 0.4) is 0 Å². The van der Waals surface area contributed by atoms with Crippen LogP contribution in [0, 0.1) is 0 Å². The Morgan fingerprint density at radius 1 is 1.33 bits per heavy atom. The SMILES string of the molecule is O=S([O-])OC(F)C1Cc2cccc3cccc1c23. The minimum atomic E-state index is -2.83. The van der Waals surface area contributed by atoms with Crippen LogP contribution in [0.4, 0.5) is 4.39 Å². The second kappa shape index (κ2) is 4.42. The van der Waals surface area contributed by atoms with Crippen LogP contribution in [0.5, 0.6) is 0 Å². The summed E-state index contributed by atoms with van der Waals surface area (Å²) in [6, 6.07) is 11.5. The van der Waals surface area contributed by atoms with Gasteiger partial charge in [0, 0.05) is 5.92 Å². The van der Waals surface area contributed by atoms with E-state index in [-0.39, 0.29) is 0 Å². The van der Waals surface area contributed by atoms with E-state index >= 15 is 0 Å². The lowest BCUT2D eigenvalue weighted by molar-refractivity contribution is 0.0464. The molecular weight excluding hydrogens is 255 g/mol. The number of hydrogen-bond donors (Lipinski definition) is 0. The van der Waals surface area contributed by atoms with Gasteiger partial charge in [0.2, 0.25) is 6.36 Å². The van der Waals surface area contributed by atoms with E-state index in [0.717, 1.165) is 21.9 Å². The molecule has 0 spiro atoms. The van der Waals surface area contributed by atoms with Gasteiger partial charge in [0.1, 0.15) is 0 Å². The zero-order valence-electron chi connectivity index (χ0n) is 9.34. The van der Waals surface area contributed by atoms with E-state index < -0.39 is 23.6 Å². The van der Waals surface area contributed by atoms with E-state index in [2.05, 4.69) is 4.18 Å². The zero-order valence-corrected chi connectivity index (χ0v) is 10.2. The van der Waals surface area contributed by atoms with Crippen molar-refractivity contribution < 1.29 is 17.3 Å². The predicted molar refractivity (Wildman–Crippen MR) is 65.3 cm³/mol. The van der Waals surface area contributed by atoms with Crippen molar-refractivity contribution in [3.8, 4) is 0 Å². The molecule has 3 unspecified atom stereocenters. The van der Waals surface area contributed by atoms with Crippen molar-refractivity contribution in [2.75, 3.05) is 0 Å². The zero-order chi connectivity index (χ0) is 12.7. The molecule has 0 saturated carbocycles. The molecular formula is C13H10FO3S-. The molecule has 94 valence electrons. The van der Waals surface area contributed by atoms with Crippen molar-refractivity contribution in [3.63, 3.8) is 0 Å². The first-order valence-electron chi connectivity index (χ1n) is 5.58. The lowest BCUT2D eigenvalue weighted by Crippen LogP contribution is -2.18. The topological polar surface area (TPSA) is 49.4 Å². The summed E-state index contributed by atoms with van der Waals surface area (Å²) in [5.41, 5.74) is 1.86. The van der Waals surface area contributed by atoms with Crippen LogP contribution in [0.15, 0.2) is 36.4 Å². The highest BCUT2D eigenvalue weighted by molar-refractivity contribution is 7.74. The quantitative estimate of drug-likeness (QED) is 0.801. The maximum atomic E-state index is 13.8. The fraction of sp³-hybridized carbons (Fsp3) is 0.231. The molecule has 1 aliphatic rings. The highest BCUT2D eigenvalue weighted by atomic mass is 32.2. The third-order valence-electron chi connectivity index (χ3n) is 3.35. The van der Waals surface area contributed by atoms with Crippen molar-refractivity contribution in [2.24, 2.45) is 0 Å². The molecule has 0 bridgehead atoms. The summed E-state index contributed by atoms with van der Waals surface area (Å²) < 4.78 is 38.9. The molecule has 3 atom stereocenters. The van der Waals surface area contributed by atoms with Gasteiger partial charge >= 0.3 is 0 Å². The van der Waals surface area contributed by atoms with E-state index in [0.29, 0.717) is 6.42 Å². The van der Waals surface area contributed by atoms with Crippen LogP contribution >= 0.6 is 0 Å². The van der Waals surface area contributed by atoms with Gasteiger partial charge in [-0.05, 0) is 28.3 Å². The fourth-order valence-corrected chi connectivity index (χ4v) is 2.94. The van der Waals surface area contributed by atoms with E-state index in [1.807, 2.05) is 36.4 Å². The number of rotatable bonds is 3. The maximum absolute atomic E-state index is 13.8. The average molecular weight is 265 g/mol. The number of hydrogen-bond acceptors (Lipinski definition) is 3. The van der Waals surface area contributed by atoms with Crippen LogP contribution < -0.4 is 0 Å². The Kier molecular flexibility index (Phi) is 2.89. The molecule has 2 aromatic rings. The molecule has 3 nitrogen and oxygen atoms in total. The molecule has 0 aromatic heterocycles. The summed E-state index contributed by atoms with van der Waals surface area (Å²) in [6.07, 6.45) is -1.36. The second-order valence-corrected chi connectivity index (χ2v) is 4.93. The highest BCUT2D eigenvalue weighted by Gasteiger charge is 2.31. The van der Waals surface area contributed by atoms with Gasteiger partial charge in [0.05, 0.1) is 11.4 Å². The van der Waals surface area contributed by atoms with Crippen molar-refractivity contribution in [1.82, 2.24) is 0 Å². The molecule has 2 aromatic carbocycles. The Morgan fingerprint density at radius 2 is 2.06 bits per heavy atom. The van der Waals surface area contributed by atoms with Gasteiger partial charge in [-0.25, -0.2) is 8.60 Å². The first kappa shape index (κ1) is 11.8. The third kappa shape index (κ3) is 1.84. The monoisotopic (exact) mass is 265 g/mol. The highest BCUT2D eigenvalue weighted by Crippen LogP contribution is 2.41. The van der Waals surface area contributed by atoms with Crippen molar-refractivity contribution in [3.05, 3.63) is 47.5 Å². The van der Waals surface area contributed by atoms with Gasteiger partial charge < -0.3 is 4.55 Å². The first-order valence-corrected chi connectivity index (χ1v) is 6.58. The Morgan fingerprint density at radius 3 is 2.78 bits per heavy atom. The van der Waals surface area contributed by atoms with Gasteiger partial charge in [-0.1, -0.05) is 36.4 Å². The molecule has 0 N–H and O–H groups in total. The first-order chi connectivity index (χ1) is 8.66. The van der Waals surface area contributed by atoms with Crippen LogP contribution in [0.2, 0.25) is 0 Å². The lowest BCUT2D eigenvalue weighted by atomic mass is 10.0. The third-order valence-corrected chi connectivity index (χ3v) is 3.69. The summed E-state index contributed by atoms with van der Waals surface area (Å²) in [5, 5.41) is 2.07. The molecule has 0 saturated heterocycles. The van der Waals surface area contributed by atoms with E-state index in [4.69, 9.17) is 0 Å². The number of alkyl halides is 1. The van der Waals surface area contributed by atoms with Gasteiger partial charge in [-0.15, -0.1) is 0 Å². The minimum Gasteiger partial charge on any atom is -0.750 e. The molecule has 0 radical (unpaired) electrons. The average Bonchev–Trinajstić information content (AvgIpc) is 2.70. The van der Waals surface area contributed by atoms with Gasteiger partial charge in [0.15, 0.2) is 0 Å². The molecule has 0 fully saturated rings. The van der Waals surface area contributed by atoms with Crippen molar-refractivity contribution >= 4 is 22.1 Å². The maximum Gasteiger partial charge on any atom is 0.220 e. The standard InChI is InChI=1S/C13H11FO3S/c14-13(17-18(15)16)11-7-9-5-1-3-8-4-2-6-10(11)12(8)9/h1-6,11,13H,7H2,(H,15,16)/p-1. The summed E-state index contributed by atoms with van der Waals surface area (Å²) in [4.78, 5) is 0. The Hall–Kier alpha value is -1.30.